The third kappa shape index (κ3) is 3.99. The fourth-order valence-electron chi connectivity index (χ4n) is 1.64. The third-order valence-corrected chi connectivity index (χ3v) is 3.28. The molecule has 1 N–H and O–H groups in total. The first-order valence-corrected chi connectivity index (χ1v) is 6.87. The minimum Gasteiger partial charge on any atom is -0.326 e. The Morgan fingerprint density at radius 3 is 2.89 bits per heavy atom. The van der Waals surface area contributed by atoms with E-state index in [-0.39, 0.29) is 11.7 Å². The number of nitrogens with one attached hydrogen (secondary N) is 1. The van der Waals surface area contributed by atoms with Crippen LogP contribution in [0.25, 0.3) is 0 Å². The van der Waals surface area contributed by atoms with Crippen molar-refractivity contribution in [3.8, 4) is 0 Å². The van der Waals surface area contributed by atoms with Gasteiger partial charge in [-0.05, 0) is 25.5 Å². The van der Waals surface area contributed by atoms with Crippen molar-refractivity contribution < 1.29 is 9.59 Å². The molecule has 0 aliphatic carbocycles. The number of aryl methyl sites for hydroxylation is 1. The molecule has 1 aromatic carbocycles. The summed E-state index contributed by atoms with van der Waals surface area (Å²) in [4.78, 5) is 27.1. The standard InChI is InChI=1S/C14H14N2O2S/c1-10(17)11-3-2-4-12(7-11)16-14(18)6-5-13-8-19-9-15-13/h2-4,7-9H,5-6H2,1H3,(H,16,18). The second kappa shape index (κ2) is 6.24. The quantitative estimate of drug-likeness (QED) is 0.853. The summed E-state index contributed by atoms with van der Waals surface area (Å²) in [6, 6.07) is 6.94. The van der Waals surface area contributed by atoms with E-state index in [1.54, 1.807) is 29.8 Å². The molecule has 0 radical (unpaired) electrons. The van der Waals surface area contributed by atoms with Crippen LogP contribution in [0.15, 0.2) is 35.2 Å². The predicted molar refractivity (Wildman–Crippen MR) is 75.5 cm³/mol. The lowest BCUT2D eigenvalue weighted by Crippen LogP contribution is -2.12. The minimum absolute atomic E-state index is 0.0152. The number of carbonyl (C=O) groups is 2. The second-order valence-electron chi connectivity index (χ2n) is 4.16. The molecule has 0 unspecified atom stereocenters. The summed E-state index contributed by atoms with van der Waals surface area (Å²) in [6.07, 6.45) is 1.01. The highest BCUT2D eigenvalue weighted by Crippen LogP contribution is 2.12. The number of Topliss-reactive ketones (excluding diaryl/α,β-unsaturated/α-hetero) is 1. The van der Waals surface area contributed by atoms with Crippen LogP contribution in [-0.2, 0) is 11.2 Å². The van der Waals surface area contributed by atoms with Gasteiger partial charge in [-0.2, -0.15) is 0 Å². The maximum atomic E-state index is 11.8. The van der Waals surface area contributed by atoms with Crippen molar-refractivity contribution in [3.63, 3.8) is 0 Å². The van der Waals surface area contributed by atoms with Crippen LogP contribution < -0.4 is 5.32 Å². The highest BCUT2D eigenvalue weighted by Gasteiger charge is 2.06. The van der Waals surface area contributed by atoms with Crippen molar-refractivity contribution in [1.82, 2.24) is 4.98 Å². The van der Waals surface area contributed by atoms with Gasteiger partial charge in [0.1, 0.15) is 0 Å². The first kappa shape index (κ1) is 13.4. The van der Waals surface area contributed by atoms with Crippen LogP contribution in [0.4, 0.5) is 5.69 Å². The van der Waals surface area contributed by atoms with Gasteiger partial charge >= 0.3 is 0 Å². The highest BCUT2D eigenvalue weighted by molar-refractivity contribution is 7.07. The van der Waals surface area contributed by atoms with E-state index in [9.17, 15) is 9.59 Å². The number of nitrogens with zero attached hydrogens (tertiary/aromatic N) is 1. The summed E-state index contributed by atoms with van der Waals surface area (Å²) >= 11 is 1.52. The number of benzene rings is 1. The fourth-order valence-corrected chi connectivity index (χ4v) is 2.23. The maximum Gasteiger partial charge on any atom is 0.224 e. The molecule has 0 aliphatic heterocycles. The number of aromatic nitrogens is 1. The predicted octanol–water partition coefficient (Wildman–Crippen LogP) is 2.92. The molecular formula is C14H14N2O2S. The first-order valence-electron chi connectivity index (χ1n) is 5.93. The lowest BCUT2D eigenvalue weighted by Gasteiger charge is -2.05. The summed E-state index contributed by atoms with van der Waals surface area (Å²) < 4.78 is 0. The average Bonchev–Trinajstić information content (AvgIpc) is 2.90. The molecule has 5 heteroatoms. The van der Waals surface area contributed by atoms with Gasteiger partial charge in [-0.15, -0.1) is 11.3 Å². The topological polar surface area (TPSA) is 59.1 Å². The summed E-state index contributed by atoms with van der Waals surface area (Å²) in [5, 5.41) is 4.72. The van der Waals surface area contributed by atoms with E-state index in [4.69, 9.17) is 0 Å². The van der Waals surface area contributed by atoms with Gasteiger partial charge in [0.15, 0.2) is 5.78 Å². The zero-order chi connectivity index (χ0) is 13.7. The minimum atomic E-state index is -0.0753. The van der Waals surface area contributed by atoms with Gasteiger partial charge in [-0.1, -0.05) is 12.1 Å². The Balaban J connectivity index is 1.91. The van der Waals surface area contributed by atoms with Crippen LogP contribution >= 0.6 is 11.3 Å². The number of hydrogen-bond acceptors (Lipinski definition) is 4. The number of carbonyl (C=O) groups excluding carboxylic acids is 2. The van der Waals surface area contributed by atoms with E-state index < -0.39 is 0 Å². The van der Waals surface area contributed by atoms with Crippen LogP contribution in [0.2, 0.25) is 0 Å². The zero-order valence-corrected chi connectivity index (χ0v) is 11.4. The molecule has 1 aromatic heterocycles. The van der Waals surface area contributed by atoms with Crippen molar-refractivity contribution in [2.24, 2.45) is 0 Å². The number of ketones is 1. The Hall–Kier alpha value is -2.01. The SMILES string of the molecule is CC(=O)c1cccc(NC(=O)CCc2cscn2)c1. The number of anilines is 1. The van der Waals surface area contributed by atoms with Crippen molar-refractivity contribution >= 4 is 28.7 Å². The molecule has 2 aromatic rings. The maximum absolute atomic E-state index is 11.8. The van der Waals surface area contributed by atoms with Gasteiger partial charge in [-0.25, -0.2) is 4.98 Å². The zero-order valence-electron chi connectivity index (χ0n) is 10.6. The van der Waals surface area contributed by atoms with Crippen LogP contribution in [0.5, 0.6) is 0 Å². The van der Waals surface area contributed by atoms with Gasteiger partial charge in [0.2, 0.25) is 5.91 Å². The summed E-state index contributed by atoms with van der Waals surface area (Å²) in [5.41, 5.74) is 3.93. The molecule has 0 spiro atoms. The van der Waals surface area contributed by atoms with Crippen LogP contribution in [0, 0.1) is 0 Å². The molecule has 98 valence electrons. The molecule has 0 aliphatic rings. The van der Waals surface area contributed by atoms with Gasteiger partial charge in [0.05, 0.1) is 11.2 Å². The Bertz CT molecular complexity index is 579. The molecule has 19 heavy (non-hydrogen) atoms. The number of hydrogen-bond donors (Lipinski definition) is 1. The van der Waals surface area contributed by atoms with Crippen LogP contribution in [0.3, 0.4) is 0 Å². The van der Waals surface area contributed by atoms with Crippen molar-refractivity contribution in [3.05, 3.63) is 46.4 Å². The Morgan fingerprint density at radius 1 is 1.37 bits per heavy atom. The first-order chi connectivity index (χ1) is 9.15. The number of thiazole rings is 1. The monoisotopic (exact) mass is 274 g/mol. The van der Waals surface area contributed by atoms with E-state index in [1.807, 2.05) is 5.38 Å². The van der Waals surface area contributed by atoms with E-state index in [0.717, 1.165) is 5.69 Å². The largest absolute Gasteiger partial charge is 0.326 e. The Labute approximate surface area is 115 Å². The van der Waals surface area contributed by atoms with Crippen LogP contribution in [-0.4, -0.2) is 16.7 Å². The lowest BCUT2D eigenvalue weighted by atomic mass is 10.1. The average molecular weight is 274 g/mol. The highest BCUT2D eigenvalue weighted by atomic mass is 32.1. The van der Waals surface area contributed by atoms with Gasteiger partial charge in [0.25, 0.3) is 0 Å². The summed E-state index contributed by atoms with van der Waals surface area (Å²) in [5.74, 6) is -0.0905. The van der Waals surface area contributed by atoms with Crippen molar-refractivity contribution in [2.45, 2.75) is 19.8 Å². The molecule has 0 saturated carbocycles. The molecule has 0 atom stereocenters. The van der Waals surface area contributed by atoms with Gasteiger partial charge in [0, 0.05) is 23.1 Å². The van der Waals surface area contributed by atoms with E-state index in [2.05, 4.69) is 10.3 Å². The molecule has 1 amide bonds. The molecule has 0 saturated heterocycles. The van der Waals surface area contributed by atoms with Gasteiger partial charge in [-0.3, -0.25) is 9.59 Å². The normalized spacial score (nSPS) is 10.2. The van der Waals surface area contributed by atoms with Crippen molar-refractivity contribution in [1.29, 1.82) is 0 Å². The summed E-state index contributed by atoms with van der Waals surface area (Å²) in [6.45, 7) is 1.50. The fraction of sp³-hybridized carbons (Fsp3) is 0.214. The van der Waals surface area contributed by atoms with Crippen molar-refractivity contribution in [2.75, 3.05) is 5.32 Å². The number of rotatable bonds is 5. The molecule has 0 fully saturated rings. The van der Waals surface area contributed by atoms with E-state index in [1.165, 1.54) is 18.3 Å². The third-order valence-electron chi connectivity index (χ3n) is 2.64. The van der Waals surface area contributed by atoms with E-state index in [0.29, 0.717) is 24.1 Å². The number of amides is 1. The molecule has 0 bridgehead atoms. The molecule has 2 rings (SSSR count). The van der Waals surface area contributed by atoms with Gasteiger partial charge < -0.3 is 5.32 Å². The second-order valence-corrected chi connectivity index (χ2v) is 4.88. The lowest BCUT2D eigenvalue weighted by molar-refractivity contribution is -0.116. The summed E-state index contributed by atoms with van der Waals surface area (Å²) in [7, 11) is 0. The Morgan fingerprint density at radius 2 is 2.21 bits per heavy atom. The van der Waals surface area contributed by atoms with Crippen LogP contribution in [0.1, 0.15) is 29.4 Å². The molecular weight excluding hydrogens is 260 g/mol. The van der Waals surface area contributed by atoms with E-state index >= 15 is 0 Å². The smallest absolute Gasteiger partial charge is 0.224 e. The Kier molecular flexibility index (Phi) is 4.41. The molecule has 4 nitrogen and oxygen atoms in total. The molecule has 1 heterocycles.